The van der Waals surface area contributed by atoms with Crippen molar-refractivity contribution in [1.82, 2.24) is 4.98 Å². The number of hydrogen-bond donors (Lipinski definition) is 0. The van der Waals surface area contributed by atoms with Crippen LogP contribution in [0.1, 0.15) is 16.8 Å². The Balaban J connectivity index is 1.93. The van der Waals surface area contributed by atoms with Crippen LogP contribution in [0.2, 0.25) is 0 Å². The Labute approximate surface area is 130 Å². The summed E-state index contributed by atoms with van der Waals surface area (Å²) in [5.74, 6) is 0. The van der Waals surface area contributed by atoms with Crippen LogP contribution in [0.15, 0.2) is 54.6 Å². The van der Waals surface area contributed by atoms with Crippen molar-refractivity contribution >= 4 is 22.9 Å². The predicted molar refractivity (Wildman–Crippen MR) is 89.8 cm³/mol. The number of aryl methyl sites for hydroxylation is 1. The van der Waals surface area contributed by atoms with Gasteiger partial charge in [-0.05, 0) is 48.9 Å². The molecule has 1 radical (unpaired) electrons. The molecular weight excluding hydrogens is 272 g/mol. The van der Waals surface area contributed by atoms with Gasteiger partial charge in [0.1, 0.15) is 0 Å². The molecule has 3 nitrogen and oxygen atoms in total. The topological polar surface area (TPSA) is 33.2 Å². The Morgan fingerprint density at radius 2 is 1.82 bits per heavy atom. The molecule has 3 aromatic rings. The van der Waals surface area contributed by atoms with Gasteiger partial charge in [-0.15, -0.1) is 0 Å². The van der Waals surface area contributed by atoms with Crippen LogP contribution in [0.25, 0.3) is 10.9 Å². The molecule has 3 rings (SSSR count). The van der Waals surface area contributed by atoms with Crippen molar-refractivity contribution in [2.45, 2.75) is 13.5 Å². The minimum Gasteiger partial charge on any atom is -0.370 e. The highest BCUT2D eigenvalue weighted by atomic mass is 16.1. The third kappa shape index (κ3) is 2.84. The van der Waals surface area contributed by atoms with Crippen molar-refractivity contribution in [3.63, 3.8) is 0 Å². The Morgan fingerprint density at radius 1 is 1.09 bits per heavy atom. The van der Waals surface area contributed by atoms with Crippen molar-refractivity contribution in [1.29, 1.82) is 0 Å². The van der Waals surface area contributed by atoms with Crippen LogP contribution < -0.4 is 4.90 Å². The predicted octanol–water partition coefficient (Wildman–Crippen LogP) is 3.64. The number of rotatable bonds is 4. The molecule has 109 valence electrons. The lowest BCUT2D eigenvalue weighted by molar-refractivity contribution is 0.563. The first-order valence-electron chi connectivity index (χ1n) is 7.22. The van der Waals surface area contributed by atoms with Crippen molar-refractivity contribution in [3.05, 3.63) is 71.4 Å². The molecule has 0 N–H and O–H groups in total. The Hall–Kier alpha value is -2.68. The molecule has 0 aliphatic heterocycles. The van der Waals surface area contributed by atoms with Gasteiger partial charge >= 0.3 is 0 Å². The summed E-state index contributed by atoms with van der Waals surface area (Å²) in [5, 5.41) is 1.18. The molecule has 2 aromatic carbocycles. The normalized spacial score (nSPS) is 10.6. The lowest BCUT2D eigenvalue weighted by Gasteiger charge is -2.20. The molecule has 1 aromatic heterocycles. The van der Waals surface area contributed by atoms with Gasteiger partial charge in [0.2, 0.25) is 6.29 Å². The standard InChI is InChI=1S/C19H17N2O/c1-14-11-16(18-5-3-4-6-19(18)20-14)12-21(2)17-9-7-15(13-22)8-10-17/h3-11H,12H2,1-2H3. The molecule has 0 amide bonds. The van der Waals surface area contributed by atoms with Crippen LogP contribution in [-0.2, 0) is 11.3 Å². The molecule has 0 bridgehead atoms. The highest BCUT2D eigenvalue weighted by Gasteiger charge is 2.07. The summed E-state index contributed by atoms with van der Waals surface area (Å²) in [5.41, 5.74) is 4.93. The van der Waals surface area contributed by atoms with Crippen molar-refractivity contribution < 1.29 is 4.79 Å². The average molecular weight is 289 g/mol. The van der Waals surface area contributed by atoms with Crippen LogP contribution in [0, 0.1) is 6.92 Å². The van der Waals surface area contributed by atoms with E-state index < -0.39 is 0 Å². The number of para-hydroxylation sites is 1. The second-order valence-corrected chi connectivity index (χ2v) is 5.44. The number of fused-ring (bicyclic) bond motifs is 1. The zero-order valence-electron chi connectivity index (χ0n) is 12.7. The second kappa shape index (κ2) is 5.98. The van der Waals surface area contributed by atoms with E-state index in [1.165, 1.54) is 10.9 Å². The third-order valence-electron chi connectivity index (χ3n) is 3.76. The van der Waals surface area contributed by atoms with Crippen molar-refractivity contribution in [2.75, 3.05) is 11.9 Å². The summed E-state index contributed by atoms with van der Waals surface area (Å²) < 4.78 is 0. The van der Waals surface area contributed by atoms with E-state index in [-0.39, 0.29) is 0 Å². The number of nitrogens with zero attached hydrogens (tertiary/aromatic N) is 2. The zero-order chi connectivity index (χ0) is 15.5. The first-order chi connectivity index (χ1) is 10.7. The van der Waals surface area contributed by atoms with E-state index in [1.54, 1.807) is 12.1 Å². The number of anilines is 1. The number of pyridine rings is 1. The first-order valence-corrected chi connectivity index (χ1v) is 7.22. The highest BCUT2D eigenvalue weighted by molar-refractivity contribution is 5.82. The van der Waals surface area contributed by atoms with Gasteiger partial charge in [-0.2, -0.15) is 0 Å². The number of hydrogen-bond acceptors (Lipinski definition) is 3. The summed E-state index contributed by atoms with van der Waals surface area (Å²) in [6, 6.07) is 17.8. The lowest BCUT2D eigenvalue weighted by atomic mass is 10.1. The fourth-order valence-electron chi connectivity index (χ4n) is 2.66. The molecule has 0 saturated heterocycles. The molecule has 1 heterocycles. The van der Waals surface area contributed by atoms with Gasteiger partial charge in [0.15, 0.2) is 0 Å². The summed E-state index contributed by atoms with van der Waals surface area (Å²) in [6.45, 7) is 2.80. The maximum absolute atomic E-state index is 10.6. The molecule has 0 atom stereocenters. The first kappa shape index (κ1) is 14.3. The highest BCUT2D eigenvalue weighted by Crippen LogP contribution is 2.22. The SMILES string of the molecule is Cc1cc(CN(C)c2ccc([C]=O)cc2)c2ccccc2n1. The smallest absolute Gasteiger partial charge is 0.233 e. The van der Waals surface area contributed by atoms with E-state index in [2.05, 4.69) is 22.0 Å². The molecule has 0 saturated carbocycles. The van der Waals surface area contributed by atoms with Crippen molar-refractivity contribution in [2.24, 2.45) is 0 Å². The van der Waals surface area contributed by atoms with Crippen molar-refractivity contribution in [3.8, 4) is 0 Å². The van der Waals surface area contributed by atoms with Gasteiger partial charge in [-0.25, -0.2) is 0 Å². The van der Waals surface area contributed by atoms with Crippen LogP contribution >= 0.6 is 0 Å². The molecule has 22 heavy (non-hydrogen) atoms. The maximum Gasteiger partial charge on any atom is 0.233 e. The van der Waals surface area contributed by atoms with E-state index in [1.807, 2.05) is 50.6 Å². The second-order valence-electron chi connectivity index (χ2n) is 5.44. The van der Waals surface area contributed by atoms with Gasteiger partial charge in [0.05, 0.1) is 5.52 Å². The Bertz CT molecular complexity index is 809. The third-order valence-corrected chi connectivity index (χ3v) is 3.76. The summed E-state index contributed by atoms with van der Waals surface area (Å²) in [7, 11) is 2.05. The fourth-order valence-corrected chi connectivity index (χ4v) is 2.66. The zero-order valence-corrected chi connectivity index (χ0v) is 12.7. The minimum atomic E-state index is 0.572. The van der Waals surface area contributed by atoms with E-state index in [0.717, 1.165) is 23.4 Å². The van der Waals surface area contributed by atoms with Gasteiger partial charge < -0.3 is 4.90 Å². The van der Waals surface area contributed by atoms with Gasteiger partial charge in [-0.3, -0.25) is 9.78 Å². The van der Waals surface area contributed by atoms with Gasteiger partial charge in [0, 0.05) is 35.9 Å². The van der Waals surface area contributed by atoms with Crippen LogP contribution in [-0.4, -0.2) is 18.3 Å². The molecular formula is C19H17N2O. The molecule has 3 heteroatoms. The number of benzene rings is 2. The Morgan fingerprint density at radius 3 is 2.55 bits per heavy atom. The molecule has 0 aliphatic carbocycles. The van der Waals surface area contributed by atoms with Crippen LogP contribution in [0.5, 0.6) is 0 Å². The minimum absolute atomic E-state index is 0.572. The van der Waals surface area contributed by atoms with E-state index >= 15 is 0 Å². The van der Waals surface area contributed by atoms with Crippen LogP contribution in [0.4, 0.5) is 5.69 Å². The molecule has 0 aliphatic rings. The van der Waals surface area contributed by atoms with Crippen LogP contribution in [0.3, 0.4) is 0 Å². The summed E-state index contributed by atoms with van der Waals surface area (Å²) in [6.07, 6.45) is 1.90. The largest absolute Gasteiger partial charge is 0.370 e. The fraction of sp³-hybridized carbons (Fsp3) is 0.158. The van der Waals surface area contributed by atoms with Gasteiger partial charge in [0.25, 0.3) is 0 Å². The monoisotopic (exact) mass is 289 g/mol. The van der Waals surface area contributed by atoms with E-state index in [0.29, 0.717) is 5.56 Å². The number of aromatic nitrogens is 1. The maximum atomic E-state index is 10.6. The molecule has 0 unspecified atom stereocenters. The van der Waals surface area contributed by atoms with Gasteiger partial charge in [-0.1, -0.05) is 18.2 Å². The Kier molecular flexibility index (Phi) is 3.88. The van der Waals surface area contributed by atoms with E-state index in [4.69, 9.17) is 0 Å². The molecule has 0 fully saturated rings. The average Bonchev–Trinajstić information content (AvgIpc) is 2.54. The lowest BCUT2D eigenvalue weighted by Crippen LogP contribution is -2.16. The number of carbonyl (C=O) groups excluding carboxylic acids is 1. The summed E-state index contributed by atoms with van der Waals surface area (Å²) >= 11 is 0. The molecule has 0 spiro atoms. The quantitative estimate of drug-likeness (QED) is 0.735. The van der Waals surface area contributed by atoms with E-state index in [9.17, 15) is 4.79 Å². The summed E-state index contributed by atoms with van der Waals surface area (Å²) in [4.78, 5) is 17.4.